The Morgan fingerprint density at radius 1 is 1.26 bits per heavy atom. The van der Waals surface area contributed by atoms with Crippen LogP contribution in [0, 0.1) is 6.92 Å². The largest absolute Gasteiger partial charge is 0.454 e. The molecule has 0 saturated carbocycles. The summed E-state index contributed by atoms with van der Waals surface area (Å²) in [5, 5.41) is 3.31. The average molecular weight is 321 g/mol. The smallest absolute Gasteiger partial charge is 0.231 e. The highest BCUT2D eigenvalue weighted by Crippen LogP contribution is 2.32. The van der Waals surface area contributed by atoms with Crippen molar-refractivity contribution in [2.45, 2.75) is 13.5 Å². The summed E-state index contributed by atoms with van der Waals surface area (Å²) in [6.07, 6.45) is 1.79. The zero-order valence-electron chi connectivity index (χ0n) is 10.4. The third kappa shape index (κ3) is 2.51. The monoisotopic (exact) mass is 320 g/mol. The van der Waals surface area contributed by atoms with Crippen molar-refractivity contribution in [1.29, 1.82) is 0 Å². The number of aromatic nitrogens is 1. The molecule has 5 heteroatoms. The SMILES string of the molecule is Cc1ccnc(NCc2ccc3c(c2)OCO3)c1Br. The van der Waals surface area contributed by atoms with Crippen LogP contribution in [0.4, 0.5) is 5.82 Å². The van der Waals surface area contributed by atoms with E-state index >= 15 is 0 Å². The number of ether oxygens (including phenoxy) is 2. The molecular formula is C14H13BrN2O2. The van der Waals surface area contributed by atoms with Crippen LogP contribution >= 0.6 is 15.9 Å². The molecule has 1 aromatic heterocycles. The summed E-state index contributed by atoms with van der Waals surface area (Å²) >= 11 is 3.53. The van der Waals surface area contributed by atoms with Crippen molar-refractivity contribution >= 4 is 21.7 Å². The van der Waals surface area contributed by atoms with Crippen LogP contribution in [0.15, 0.2) is 34.9 Å². The molecule has 4 nitrogen and oxygen atoms in total. The summed E-state index contributed by atoms with van der Waals surface area (Å²) in [6, 6.07) is 7.90. The maximum absolute atomic E-state index is 5.36. The third-order valence-electron chi connectivity index (χ3n) is 2.98. The van der Waals surface area contributed by atoms with E-state index in [1.807, 2.05) is 31.2 Å². The Hall–Kier alpha value is -1.75. The molecule has 2 aromatic rings. The summed E-state index contributed by atoms with van der Waals surface area (Å²) in [4.78, 5) is 4.31. The summed E-state index contributed by atoms with van der Waals surface area (Å²) in [7, 11) is 0. The van der Waals surface area contributed by atoms with Crippen LogP contribution in [0.1, 0.15) is 11.1 Å². The molecule has 0 bridgehead atoms. The van der Waals surface area contributed by atoms with Gasteiger partial charge < -0.3 is 14.8 Å². The molecule has 19 heavy (non-hydrogen) atoms. The van der Waals surface area contributed by atoms with E-state index in [0.29, 0.717) is 13.3 Å². The molecule has 1 aliphatic rings. The number of hydrogen-bond donors (Lipinski definition) is 1. The van der Waals surface area contributed by atoms with Gasteiger partial charge in [0.25, 0.3) is 0 Å². The van der Waals surface area contributed by atoms with Crippen LogP contribution in [0.2, 0.25) is 0 Å². The minimum atomic E-state index is 0.303. The van der Waals surface area contributed by atoms with Gasteiger partial charge in [0.05, 0.1) is 4.47 Å². The fourth-order valence-electron chi connectivity index (χ4n) is 1.90. The number of anilines is 1. The first kappa shape index (κ1) is 12.3. The standard InChI is InChI=1S/C14H13BrN2O2/c1-9-4-5-16-14(13(9)15)17-7-10-2-3-11-12(6-10)19-8-18-11/h2-6H,7-8H2,1H3,(H,16,17). The second-order valence-corrected chi connectivity index (χ2v) is 5.12. The van der Waals surface area contributed by atoms with Crippen molar-refractivity contribution in [2.24, 2.45) is 0 Å². The number of aryl methyl sites for hydroxylation is 1. The van der Waals surface area contributed by atoms with Crippen molar-refractivity contribution in [3.8, 4) is 11.5 Å². The number of rotatable bonds is 3. The lowest BCUT2D eigenvalue weighted by Crippen LogP contribution is -2.02. The molecule has 2 heterocycles. The number of halogens is 1. The second-order valence-electron chi connectivity index (χ2n) is 4.33. The van der Waals surface area contributed by atoms with Crippen LogP contribution in [-0.4, -0.2) is 11.8 Å². The number of fused-ring (bicyclic) bond motifs is 1. The van der Waals surface area contributed by atoms with E-state index in [4.69, 9.17) is 9.47 Å². The summed E-state index contributed by atoms with van der Waals surface area (Å²) in [5.41, 5.74) is 2.28. The summed E-state index contributed by atoms with van der Waals surface area (Å²) in [6.45, 7) is 3.03. The minimum Gasteiger partial charge on any atom is -0.454 e. The molecule has 0 saturated heterocycles. The number of nitrogens with one attached hydrogen (secondary N) is 1. The van der Waals surface area contributed by atoms with Crippen molar-refractivity contribution in [1.82, 2.24) is 4.98 Å². The van der Waals surface area contributed by atoms with Gasteiger partial charge >= 0.3 is 0 Å². The maximum Gasteiger partial charge on any atom is 0.231 e. The van der Waals surface area contributed by atoms with E-state index < -0.39 is 0 Å². The van der Waals surface area contributed by atoms with Gasteiger partial charge in [0.2, 0.25) is 6.79 Å². The van der Waals surface area contributed by atoms with Gasteiger partial charge in [0.15, 0.2) is 11.5 Å². The van der Waals surface area contributed by atoms with E-state index in [1.165, 1.54) is 0 Å². The van der Waals surface area contributed by atoms with Gasteiger partial charge in [-0.1, -0.05) is 6.07 Å². The quantitative estimate of drug-likeness (QED) is 0.940. The Kier molecular flexibility index (Phi) is 3.29. The van der Waals surface area contributed by atoms with Gasteiger partial charge in [0.1, 0.15) is 5.82 Å². The van der Waals surface area contributed by atoms with Gasteiger partial charge in [-0.25, -0.2) is 4.98 Å². The van der Waals surface area contributed by atoms with Crippen LogP contribution in [0.3, 0.4) is 0 Å². The lowest BCUT2D eigenvalue weighted by atomic mass is 10.2. The van der Waals surface area contributed by atoms with Gasteiger partial charge in [-0.2, -0.15) is 0 Å². The molecule has 0 amide bonds. The Balaban J connectivity index is 1.74. The Labute approximate surface area is 119 Å². The molecule has 1 N–H and O–H groups in total. The third-order valence-corrected chi connectivity index (χ3v) is 3.98. The highest BCUT2D eigenvalue weighted by molar-refractivity contribution is 9.10. The normalized spacial score (nSPS) is 12.5. The van der Waals surface area contributed by atoms with Gasteiger partial charge in [-0.3, -0.25) is 0 Å². The van der Waals surface area contributed by atoms with E-state index in [9.17, 15) is 0 Å². The van der Waals surface area contributed by atoms with E-state index in [-0.39, 0.29) is 0 Å². The van der Waals surface area contributed by atoms with Crippen LogP contribution in [-0.2, 0) is 6.54 Å². The lowest BCUT2D eigenvalue weighted by Gasteiger charge is -2.09. The fourth-order valence-corrected chi connectivity index (χ4v) is 2.27. The molecular weight excluding hydrogens is 308 g/mol. The predicted octanol–water partition coefficient (Wildman–Crippen LogP) is 3.49. The van der Waals surface area contributed by atoms with E-state index in [0.717, 1.165) is 32.9 Å². The first-order chi connectivity index (χ1) is 9.24. The van der Waals surface area contributed by atoms with Crippen molar-refractivity contribution in [2.75, 3.05) is 12.1 Å². The number of nitrogens with zero attached hydrogens (tertiary/aromatic N) is 1. The van der Waals surface area contributed by atoms with Gasteiger partial charge in [0, 0.05) is 12.7 Å². The predicted molar refractivity (Wildman–Crippen MR) is 76.6 cm³/mol. The van der Waals surface area contributed by atoms with Crippen LogP contribution < -0.4 is 14.8 Å². The zero-order chi connectivity index (χ0) is 13.2. The molecule has 0 fully saturated rings. The fraction of sp³-hybridized carbons (Fsp3) is 0.214. The van der Waals surface area contributed by atoms with Crippen molar-refractivity contribution in [3.05, 3.63) is 46.1 Å². The molecule has 0 atom stereocenters. The Morgan fingerprint density at radius 2 is 2.11 bits per heavy atom. The molecule has 98 valence electrons. The minimum absolute atomic E-state index is 0.303. The van der Waals surface area contributed by atoms with E-state index in [1.54, 1.807) is 6.20 Å². The number of benzene rings is 1. The number of hydrogen-bond acceptors (Lipinski definition) is 4. The van der Waals surface area contributed by atoms with Crippen LogP contribution in [0.5, 0.6) is 11.5 Å². The molecule has 0 unspecified atom stereocenters. The lowest BCUT2D eigenvalue weighted by molar-refractivity contribution is 0.174. The first-order valence-corrected chi connectivity index (χ1v) is 6.77. The average Bonchev–Trinajstić information content (AvgIpc) is 2.88. The van der Waals surface area contributed by atoms with Gasteiger partial charge in [-0.15, -0.1) is 0 Å². The maximum atomic E-state index is 5.36. The van der Waals surface area contributed by atoms with Crippen molar-refractivity contribution < 1.29 is 9.47 Å². The Bertz CT molecular complexity index is 616. The summed E-state index contributed by atoms with van der Waals surface area (Å²) in [5.74, 6) is 2.45. The molecule has 1 aromatic carbocycles. The topological polar surface area (TPSA) is 43.4 Å². The molecule has 0 spiro atoms. The molecule has 0 radical (unpaired) electrons. The Morgan fingerprint density at radius 3 is 3.00 bits per heavy atom. The number of pyridine rings is 1. The highest BCUT2D eigenvalue weighted by atomic mass is 79.9. The van der Waals surface area contributed by atoms with E-state index in [2.05, 4.69) is 26.2 Å². The second kappa shape index (κ2) is 5.09. The summed E-state index contributed by atoms with van der Waals surface area (Å²) < 4.78 is 11.6. The van der Waals surface area contributed by atoms with Crippen LogP contribution in [0.25, 0.3) is 0 Å². The first-order valence-electron chi connectivity index (χ1n) is 5.97. The van der Waals surface area contributed by atoms with Gasteiger partial charge in [-0.05, 0) is 52.2 Å². The van der Waals surface area contributed by atoms with Crippen molar-refractivity contribution in [3.63, 3.8) is 0 Å². The highest BCUT2D eigenvalue weighted by Gasteiger charge is 2.13. The molecule has 1 aliphatic heterocycles. The molecule has 3 rings (SSSR count). The molecule has 0 aliphatic carbocycles. The zero-order valence-corrected chi connectivity index (χ0v) is 12.0.